The predicted octanol–water partition coefficient (Wildman–Crippen LogP) is 2.05. The predicted molar refractivity (Wildman–Crippen MR) is 76.8 cm³/mol. The SMILES string of the molecule is O=C(O)C1CCC(C(=O)N2CCOC3(CCCC3)C2)CC1. The molecule has 0 bridgehead atoms. The van der Waals surface area contributed by atoms with E-state index >= 15 is 0 Å². The summed E-state index contributed by atoms with van der Waals surface area (Å²) in [6, 6.07) is 0. The van der Waals surface area contributed by atoms with Crippen LogP contribution in [-0.4, -0.2) is 47.2 Å². The van der Waals surface area contributed by atoms with E-state index in [1.165, 1.54) is 12.8 Å². The second-order valence-electron chi connectivity index (χ2n) is 6.89. The van der Waals surface area contributed by atoms with Crippen molar-refractivity contribution in [1.29, 1.82) is 0 Å². The lowest BCUT2D eigenvalue weighted by Gasteiger charge is -2.42. The standard InChI is InChI=1S/C16H25NO4/c18-14(12-3-5-13(6-4-12)15(19)20)17-9-10-21-16(11-17)7-1-2-8-16/h12-13H,1-11H2,(H,19,20). The lowest BCUT2D eigenvalue weighted by atomic mass is 9.81. The lowest BCUT2D eigenvalue weighted by Crippen LogP contribution is -2.54. The van der Waals surface area contributed by atoms with Crippen LogP contribution in [0.5, 0.6) is 0 Å². The molecule has 0 aromatic heterocycles. The highest BCUT2D eigenvalue weighted by Gasteiger charge is 2.42. The minimum Gasteiger partial charge on any atom is -0.481 e. The van der Waals surface area contributed by atoms with Gasteiger partial charge in [0.15, 0.2) is 0 Å². The van der Waals surface area contributed by atoms with Gasteiger partial charge in [-0.3, -0.25) is 9.59 Å². The largest absolute Gasteiger partial charge is 0.481 e. The van der Waals surface area contributed by atoms with Crippen molar-refractivity contribution in [2.75, 3.05) is 19.7 Å². The second kappa shape index (κ2) is 5.95. The molecule has 21 heavy (non-hydrogen) atoms. The Hall–Kier alpha value is -1.10. The zero-order valence-corrected chi connectivity index (χ0v) is 12.6. The fraction of sp³-hybridized carbons (Fsp3) is 0.875. The van der Waals surface area contributed by atoms with Gasteiger partial charge in [0, 0.05) is 19.0 Å². The minimum atomic E-state index is -0.711. The Morgan fingerprint density at radius 2 is 1.67 bits per heavy atom. The summed E-state index contributed by atoms with van der Waals surface area (Å²) in [6.07, 6.45) is 7.27. The van der Waals surface area contributed by atoms with Crippen LogP contribution in [0, 0.1) is 11.8 Å². The van der Waals surface area contributed by atoms with Crippen LogP contribution in [-0.2, 0) is 14.3 Å². The normalized spacial score (nSPS) is 32.3. The van der Waals surface area contributed by atoms with Crippen molar-refractivity contribution >= 4 is 11.9 Å². The van der Waals surface area contributed by atoms with Crippen LogP contribution >= 0.6 is 0 Å². The van der Waals surface area contributed by atoms with Crippen LogP contribution in [0.25, 0.3) is 0 Å². The van der Waals surface area contributed by atoms with Crippen molar-refractivity contribution in [3.8, 4) is 0 Å². The molecule has 0 atom stereocenters. The van der Waals surface area contributed by atoms with Crippen molar-refractivity contribution in [3.05, 3.63) is 0 Å². The number of ether oxygens (including phenoxy) is 1. The summed E-state index contributed by atoms with van der Waals surface area (Å²) in [4.78, 5) is 25.7. The van der Waals surface area contributed by atoms with E-state index < -0.39 is 5.97 Å². The van der Waals surface area contributed by atoms with Crippen LogP contribution < -0.4 is 0 Å². The third-order valence-corrected chi connectivity index (χ3v) is 5.50. The number of carbonyl (C=O) groups is 2. The number of carbonyl (C=O) groups excluding carboxylic acids is 1. The molecule has 3 fully saturated rings. The van der Waals surface area contributed by atoms with Gasteiger partial charge in [-0.15, -0.1) is 0 Å². The highest BCUT2D eigenvalue weighted by atomic mass is 16.5. The lowest BCUT2D eigenvalue weighted by molar-refractivity contribution is -0.156. The first-order chi connectivity index (χ1) is 10.1. The highest BCUT2D eigenvalue weighted by Crippen LogP contribution is 2.37. The number of aliphatic carboxylic acids is 1. The van der Waals surface area contributed by atoms with Crippen molar-refractivity contribution in [1.82, 2.24) is 4.90 Å². The summed E-state index contributed by atoms with van der Waals surface area (Å²) >= 11 is 0. The quantitative estimate of drug-likeness (QED) is 0.846. The van der Waals surface area contributed by atoms with Crippen LogP contribution in [0.2, 0.25) is 0 Å². The molecule has 2 aliphatic carbocycles. The van der Waals surface area contributed by atoms with Gasteiger partial charge in [-0.2, -0.15) is 0 Å². The highest BCUT2D eigenvalue weighted by molar-refractivity contribution is 5.79. The summed E-state index contributed by atoms with van der Waals surface area (Å²) in [5.41, 5.74) is -0.0772. The summed E-state index contributed by atoms with van der Waals surface area (Å²) in [6.45, 7) is 2.08. The van der Waals surface area contributed by atoms with Gasteiger partial charge in [0.1, 0.15) is 0 Å². The van der Waals surface area contributed by atoms with E-state index in [-0.39, 0.29) is 23.3 Å². The Morgan fingerprint density at radius 1 is 1.05 bits per heavy atom. The molecule has 1 N–H and O–H groups in total. The average molecular weight is 295 g/mol. The Kier molecular flexibility index (Phi) is 4.20. The number of nitrogens with zero attached hydrogens (tertiary/aromatic N) is 1. The van der Waals surface area contributed by atoms with Crippen molar-refractivity contribution < 1.29 is 19.4 Å². The molecule has 1 heterocycles. The van der Waals surface area contributed by atoms with Gasteiger partial charge in [0.25, 0.3) is 0 Å². The van der Waals surface area contributed by atoms with Crippen molar-refractivity contribution in [2.45, 2.75) is 57.0 Å². The van der Waals surface area contributed by atoms with Crippen LogP contribution in [0.4, 0.5) is 0 Å². The number of carboxylic acids is 1. The van der Waals surface area contributed by atoms with Gasteiger partial charge in [-0.05, 0) is 38.5 Å². The molecular weight excluding hydrogens is 270 g/mol. The van der Waals surface area contributed by atoms with Gasteiger partial charge >= 0.3 is 5.97 Å². The van der Waals surface area contributed by atoms with E-state index in [9.17, 15) is 9.59 Å². The summed E-state index contributed by atoms with van der Waals surface area (Å²) in [5, 5.41) is 9.04. The van der Waals surface area contributed by atoms with Gasteiger partial charge in [0.05, 0.1) is 18.1 Å². The maximum Gasteiger partial charge on any atom is 0.306 e. The fourth-order valence-corrected chi connectivity index (χ4v) is 4.20. The van der Waals surface area contributed by atoms with Crippen LogP contribution in [0.3, 0.4) is 0 Å². The van der Waals surface area contributed by atoms with Crippen molar-refractivity contribution in [2.24, 2.45) is 11.8 Å². The average Bonchev–Trinajstić information content (AvgIpc) is 2.94. The Morgan fingerprint density at radius 3 is 2.29 bits per heavy atom. The zero-order valence-electron chi connectivity index (χ0n) is 12.6. The third kappa shape index (κ3) is 3.07. The number of hydrogen-bond donors (Lipinski definition) is 1. The van der Waals surface area contributed by atoms with E-state index in [2.05, 4.69) is 0 Å². The molecule has 0 unspecified atom stereocenters. The zero-order chi connectivity index (χ0) is 14.9. The van der Waals surface area contributed by atoms with Gasteiger partial charge in [-0.1, -0.05) is 12.8 Å². The van der Waals surface area contributed by atoms with E-state index in [1.54, 1.807) is 0 Å². The number of hydrogen-bond acceptors (Lipinski definition) is 3. The maximum absolute atomic E-state index is 12.7. The Labute approximate surface area is 125 Å². The molecule has 5 heteroatoms. The summed E-state index contributed by atoms with van der Waals surface area (Å²) in [7, 11) is 0. The molecule has 3 rings (SSSR count). The molecule has 1 amide bonds. The number of rotatable bonds is 2. The fourth-order valence-electron chi connectivity index (χ4n) is 4.20. The van der Waals surface area contributed by atoms with Crippen LogP contribution in [0.1, 0.15) is 51.4 Å². The van der Waals surface area contributed by atoms with Crippen LogP contribution in [0.15, 0.2) is 0 Å². The molecule has 0 aromatic carbocycles. The molecule has 2 saturated carbocycles. The first kappa shape index (κ1) is 14.8. The maximum atomic E-state index is 12.7. The molecule has 118 valence electrons. The molecule has 1 saturated heterocycles. The first-order valence-electron chi connectivity index (χ1n) is 8.25. The molecule has 0 radical (unpaired) electrons. The second-order valence-corrected chi connectivity index (χ2v) is 6.89. The van der Waals surface area contributed by atoms with E-state index in [0.29, 0.717) is 26.0 Å². The molecule has 5 nitrogen and oxygen atoms in total. The topological polar surface area (TPSA) is 66.8 Å². The number of morpholine rings is 1. The Balaban J connectivity index is 1.57. The minimum absolute atomic E-state index is 0.0251. The van der Waals surface area contributed by atoms with E-state index in [4.69, 9.17) is 9.84 Å². The molecular formula is C16H25NO4. The van der Waals surface area contributed by atoms with Crippen molar-refractivity contribution in [3.63, 3.8) is 0 Å². The van der Waals surface area contributed by atoms with Gasteiger partial charge in [-0.25, -0.2) is 0 Å². The third-order valence-electron chi connectivity index (χ3n) is 5.50. The molecule has 1 aliphatic heterocycles. The molecule has 0 aromatic rings. The smallest absolute Gasteiger partial charge is 0.306 e. The summed E-state index contributed by atoms with van der Waals surface area (Å²) < 4.78 is 5.97. The van der Waals surface area contributed by atoms with Gasteiger partial charge in [0.2, 0.25) is 5.91 Å². The number of amides is 1. The molecule has 1 spiro atoms. The first-order valence-corrected chi connectivity index (χ1v) is 8.25. The Bertz CT molecular complexity index is 409. The van der Waals surface area contributed by atoms with E-state index in [0.717, 1.165) is 32.2 Å². The van der Waals surface area contributed by atoms with Gasteiger partial charge < -0.3 is 14.7 Å². The monoisotopic (exact) mass is 295 g/mol. The van der Waals surface area contributed by atoms with E-state index in [1.807, 2.05) is 4.90 Å². The summed E-state index contributed by atoms with van der Waals surface area (Å²) in [5.74, 6) is -0.706. The number of carboxylic acid groups (broad SMARTS) is 1. The molecule has 3 aliphatic rings.